The van der Waals surface area contributed by atoms with Crippen molar-refractivity contribution in [1.29, 1.82) is 0 Å². The normalized spacial score (nSPS) is 20.5. The quantitative estimate of drug-likeness (QED) is 0.692. The van der Waals surface area contributed by atoms with Crippen LogP contribution >= 0.6 is 0 Å². The van der Waals surface area contributed by atoms with E-state index in [0.29, 0.717) is 6.61 Å². The second kappa shape index (κ2) is 3.79. The van der Waals surface area contributed by atoms with Crippen LogP contribution in [0, 0.1) is 0 Å². The van der Waals surface area contributed by atoms with E-state index in [-0.39, 0.29) is 6.29 Å². The van der Waals surface area contributed by atoms with Gasteiger partial charge in [0.2, 0.25) is 0 Å². The Morgan fingerprint density at radius 2 is 2.31 bits per heavy atom. The molecule has 0 saturated carbocycles. The van der Waals surface area contributed by atoms with Gasteiger partial charge in [-0.25, -0.2) is 0 Å². The smallest absolute Gasteiger partial charge is 0.200 e. The summed E-state index contributed by atoms with van der Waals surface area (Å²) in [6.07, 6.45) is 1.98. The van der Waals surface area contributed by atoms with E-state index in [1.807, 2.05) is 25.1 Å². The van der Waals surface area contributed by atoms with Crippen LogP contribution in [0.2, 0.25) is 0 Å². The van der Waals surface area contributed by atoms with Crippen molar-refractivity contribution in [3.8, 4) is 5.75 Å². The second-order valence-electron chi connectivity index (χ2n) is 3.15. The van der Waals surface area contributed by atoms with Gasteiger partial charge in [-0.05, 0) is 25.0 Å². The fourth-order valence-electron chi connectivity index (χ4n) is 1.60. The molecule has 0 aromatic heterocycles. The molecule has 0 unspecified atom stereocenters. The van der Waals surface area contributed by atoms with Crippen LogP contribution in [-0.4, -0.2) is 12.9 Å². The third-order valence-electron chi connectivity index (χ3n) is 2.23. The molecule has 1 atom stereocenters. The summed E-state index contributed by atoms with van der Waals surface area (Å²) in [6, 6.07) is 8.15. The van der Waals surface area contributed by atoms with E-state index in [9.17, 15) is 0 Å². The first-order valence-corrected chi connectivity index (χ1v) is 4.76. The molecule has 70 valence electrons. The van der Waals surface area contributed by atoms with Gasteiger partial charge in [0.25, 0.3) is 0 Å². The fourth-order valence-corrected chi connectivity index (χ4v) is 1.60. The molecule has 0 N–H and O–H groups in total. The molecule has 13 heavy (non-hydrogen) atoms. The fraction of sp³-hybridized carbons (Fsp3) is 0.455. The maximum Gasteiger partial charge on any atom is 0.200 e. The first-order valence-electron chi connectivity index (χ1n) is 4.76. The highest BCUT2D eigenvalue weighted by Gasteiger charge is 2.18. The van der Waals surface area contributed by atoms with Gasteiger partial charge < -0.3 is 9.47 Å². The predicted octanol–water partition coefficient (Wildman–Crippen LogP) is 2.37. The minimum atomic E-state index is -0.0418. The summed E-state index contributed by atoms with van der Waals surface area (Å²) >= 11 is 0. The van der Waals surface area contributed by atoms with Crippen LogP contribution in [0.15, 0.2) is 24.3 Å². The Morgan fingerprint density at radius 1 is 1.46 bits per heavy atom. The van der Waals surface area contributed by atoms with E-state index in [2.05, 4.69) is 6.07 Å². The highest BCUT2D eigenvalue weighted by atomic mass is 16.7. The van der Waals surface area contributed by atoms with E-state index in [0.717, 1.165) is 18.6 Å². The summed E-state index contributed by atoms with van der Waals surface area (Å²) in [5.74, 6) is 0.979. The minimum absolute atomic E-state index is 0.0418. The zero-order valence-corrected chi connectivity index (χ0v) is 7.82. The van der Waals surface area contributed by atoms with Gasteiger partial charge in [-0.1, -0.05) is 18.2 Å². The maximum absolute atomic E-state index is 5.65. The lowest BCUT2D eigenvalue weighted by Gasteiger charge is -2.25. The second-order valence-corrected chi connectivity index (χ2v) is 3.15. The number of ether oxygens (including phenoxy) is 2. The third-order valence-corrected chi connectivity index (χ3v) is 2.23. The number of hydrogen-bond donors (Lipinski definition) is 0. The summed E-state index contributed by atoms with van der Waals surface area (Å²) in [5, 5.41) is 0. The van der Waals surface area contributed by atoms with Crippen LogP contribution in [0.3, 0.4) is 0 Å². The Hall–Kier alpha value is -1.02. The van der Waals surface area contributed by atoms with E-state index in [4.69, 9.17) is 9.47 Å². The number of benzene rings is 1. The lowest BCUT2D eigenvalue weighted by Crippen LogP contribution is -2.25. The van der Waals surface area contributed by atoms with Gasteiger partial charge in [0.05, 0.1) is 0 Å². The van der Waals surface area contributed by atoms with Crippen molar-refractivity contribution in [2.45, 2.75) is 26.1 Å². The Bertz CT molecular complexity index is 283. The summed E-state index contributed by atoms with van der Waals surface area (Å²) < 4.78 is 11.1. The lowest BCUT2D eigenvalue weighted by atomic mass is 10.1. The van der Waals surface area contributed by atoms with Crippen molar-refractivity contribution in [2.75, 3.05) is 6.61 Å². The molecule has 1 aliphatic heterocycles. The van der Waals surface area contributed by atoms with Gasteiger partial charge in [-0.15, -0.1) is 0 Å². The molecule has 1 aromatic carbocycles. The van der Waals surface area contributed by atoms with E-state index in [1.54, 1.807) is 0 Å². The van der Waals surface area contributed by atoms with Gasteiger partial charge in [-0.2, -0.15) is 0 Å². The van der Waals surface area contributed by atoms with Crippen molar-refractivity contribution < 1.29 is 9.47 Å². The number of para-hydroxylation sites is 1. The molecule has 0 saturated heterocycles. The molecule has 1 heterocycles. The molecule has 0 aliphatic carbocycles. The minimum Gasteiger partial charge on any atom is -0.465 e. The van der Waals surface area contributed by atoms with Crippen molar-refractivity contribution in [2.24, 2.45) is 0 Å². The first kappa shape index (κ1) is 8.57. The number of hydrogen-bond acceptors (Lipinski definition) is 2. The Kier molecular flexibility index (Phi) is 2.50. The lowest BCUT2D eigenvalue weighted by molar-refractivity contribution is -0.0861. The molecule has 0 radical (unpaired) electrons. The van der Waals surface area contributed by atoms with Crippen LogP contribution in [-0.2, 0) is 11.2 Å². The average Bonchev–Trinajstić information content (AvgIpc) is 2.18. The summed E-state index contributed by atoms with van der Waals surface area (Å²) in [4.78, 5) is 0. The van der Waals surface area contributed by atoms with Crippen LogP contribution in [0.5, 0.6) is 5.75 Å². The summed E-state index contributed by atoms with van der Waals surface area (Å²) in [6.45, 7) is 2.71. The van der Waals surface area contributed by atoms with Crippen LogP contribution in [0.1, 0.15) is 18.9 Å². The SMILES string of the molecule is CCO[C@H]1CCc2ccccc2O1. The molecular weight excluding hydrogens is 164 g/mol. The highest BCUT2D eigenvalue weighted by Crippen LogP contribution is 2.27. The molecule has 0 spiro atoms. The average molecular weight is 178 g/mol. The predicted molar refractivity (Wildman–Crippen MR) is 50.8 cm³/mol. The molecule has 0 fully saturated rings. The standard InChI is InChI=1S/C11H14O2/c1-2-12-11-8-7-9-5-3-4-6-10(9)13-11/h3-6,11H,2,7-8H2,1H3/t11-/m1/s1. The molecule has 2 nitrogen and oxygen atoms in total. The van der Waals surface area contributed by atoms with Gasteiger partial charge in [-0.3, -0.25) is 0 Å². The third kappa shape index (κ3) is 1.83. The molecule has 0 bridgehead atoms. The highest BCUT2D eigenvalue weighted by molar-refractivity contribution is 5.34. The van der Waals surface area contributed by atoms with Crippen LogP contribution in [0.4, 0.5) is 0 Å². The molecule has 2 rings (SSSR count). The van der Waals surface area contributed by atoms with Crippen molar-refractivity contribution >= 4 is 0 Å². The number of fused-ring (bicyclic) bond motifs is 1. The monoisotopic (exact) mass is 178 g/mol. The Labute approximate surface area is 78.5 Å². The van der Waals surface area contributed by atoms with Gasteiger partial charge in [0.1, 0.15) is 5.75 Å². The zero-order chi connectivity index (χ0) is 9.10. The largest absolute Gasteiger partial charge is 0.465 e. The summed E-state index contributed by atoms with van der Waals surface area (Å²) in [5.41, 5.74) is 1.29. The molecule has 1 aromatic rings. The van der Waals surface area contributed by atoms with Gasteiger partial charge >= 0.3 is 0 Å². The zero-order valence-electron chi connectivity index (χ0n) is 7.82. The van der Waals surface area contributed by atoms with Crippen molar-refractivity contribution in [3.05, 3.63) is 29.8 Å². The topological polar surface area (TPSA) is 18.5 Å². The summed E-state index contributed by atoms with van der Waals surface area (Å²) in [7, 11) is 0. The van der Waals surface area contributed by atoms with Crippen LogP contribution in [0.25, 0.3) is 0 Å². The molecule has 0 amide bonds. The van der Waals surface area contributed by atoms with Crippen LogP contribution < -0.4 is 4.74 Å². The maximum atomic E-state index is 5.65. The number of rotatable bonds is 2. The van der Waals surface area contributed by atoms with E-state index >= 15 is 0 Å². The van der Waals surface area contributed by atoms with Crippen molar-refractivity contribution in [3.63, 3.8) is 0 Å². The Balaban J connectivity index is 2.11. The molecule has 1 aliphatic rings. The molecular formula is C11H14O2. The molecule has 2 heteroatoms. The Morgan fingerprint density at radius 3 is 3.15 bits per heavy atom. The van der Waals surface area contributed by atoms with E-state index < -0.39 is 0 Å². The van der Waals surface area contributed by atoms with Gasteiger partial charge in [0, 0.05) is 13.0 Å². The van der Waals surface area contributed by atoms with Gasteiger partial charge in [0.15, 0.2) is 6.29 Å². The first-order chi connectivity index (χ1) is 6.40. The number of aryl methyl sites for hydroxylation is 1. The van der Waals surface area contributed by atoms with E-state index in [1.165, 1.54) is 5.56 Å². The van der Waals surface area contributed by atoms with Crippen molar-refractivity contribution in [1.82, 2.24) is 0 Å².